The van der Waals surface area contributed by atoms with Gasteiger partial charge in [-0.15, -0.1) is 11.8 Å². The summed E-state index contributed by atoms with van der Waals surface area (Å²) >= 11 is 1.79. The highest BCUT2D eigenvalue weighted by Gasteiger charge is 2.07. The molecular formula is C11H19N3S. The lowest BCUT2D eigenvalue weighted by molar-refractivity contribution is 0.755. The Morgan fingerprint density at radius 2 is 2.13 bits per heavy atom. The Labute approximate surface area is 96.1 Å². The van der Waals surface area contributed by atoms with Crippen LogP contribution in [-0.2, 0) is 0 Å². The molecule has 0 aromatic carbocycles. The molecule has 0 aliphatic carbocycles. The van der Waals surface area contributed by atoms with Crippen LogP contribution in [0.5, 0.6) is 0 Å². The molecule has 0 radical (unpaired) electrons. The zero-order chi connectivity index (χ0) is 11.3. The van der Waals surface area contributed by atoms with Crippen molar-refractivity contribution in [1.82, 2.24) is 9.97 Å². The first-order valence-corrected chi connectivity index (χ1v) is 6.35. The van der Waals surface area contributed by atoms with Crippen molar-refractivity contribution in [3.63, 3.8) is 0 Å². The molecule has 1 aromatic heterocycles. The number of nitrogens with zero attached hydrogens (tertiary/aromatic N) is 2. The fourth-order valence-electron chi connectivity index (χ4n) is 1.11. The van der Waals surface area contributed by atoms with Crippen molar-refractivity contribution >= 4 is 17.6 Å². The molecule has 0 saturated heterocycles. The van der Waals surface area contributed by atoms with Gasteiger partial charge in [-0.2, -0.15) is 0 Å². The second-order valence-electron chi connectivity index (χ2n) is 3.70. The SMILES string of the molecule is CCCSc1cc(NC)nc(C(C)C)n1. The molecule has 1 aromatic rings. The van der Waals surface area contributed by atoms with E-state index in [-0.39, 0.29) is 0 Å². The number of rotatable bonds is 5. The summed E-state index contributed by atoms with van der Waals surface area (Å²) in [5.41, 5.74) is 0. The van der Waals surface area contributed by atoms with E-state index in [2.05, 4.69) is 36.1 Å². The van der Waals surface area contributed by atoms with Gasteiger partial charge in [-0.3, -0.25) is 0 Å². The average molecular weight is 225 g/mol. The van der Waals surface area contributed by atoms with Crippen molar-refractivity contribution in [2.24, 2.45) is 0 Å². The van der Waals surface area contributed by atoms with E-state index in [1.807, 2.05) is 13.1 Å². The van der Waals surface area contributed by atoms with Gasteiger partial charge in [0.1, 0.15) is 16.7 Å². The molecule has 1 rings (SSSR count). The topological polar surface area (TPSA) is 37.8 Å². The molecule has 4 heteroatoms. The molecule has 0 unspecified atom stereocenters. The van der Waals surface area contributed by atoms with Crippen LogP contribution in [0.15, 0.2) is 11.1 Å². The third-order valence-electron chi connectivity index (χ3n) is 1.95. The highest BCUT2D eigenvalue weighted by atomic mass is 32.2. The minimum Gasteiger partial charge on any atom is -0.373 e. The molecule has 0 saturated carbocycles. The summed E-state index contributed by atoms with van der Waals surface area (Å²) in [4.78, 5) is 8.95. The summed E-state index contributed by atoms with van der Waals surface area (Å²) in [5.74, 6) is 3.31. The van der Waals surface area contributed by atoms with Crippen LogP contribution in [0.3, 0.4) is 0 Å². The minimum absolute atomic E-state index is 0.374. The second kappa shape index (κ2) is 5.95. The van der Waals surface area contributed by atoms with E-state index in [0.717, 1.165) is 22.4 Å². The van der Waals surface area contributed by atoms with E-state index in [0.29, 0.717) is 5.92 Å². The summed E-state index contributed by atoms with van der Waals surface area (Å²) < 4.78 is 0. The fourth-order valence-corrected chi connectivity index (χ4v) is 1.88. The summed E-state index contributed by atoms with van der Waals surface area (Å²) in [6, 6.07) is 2.01. The zero-order valence-corrected chi connectivity index (χ0v) is 10.7. The highest BCUT2D eigenvalue weighted by molar-refractivity contribution is 7.99. The molecule has 1 N–H and O–H groups in total. The Bertz CT molecular complexity index is 313. The fraction of sp³-hybridized carbons (Fsp3) is 0.636. The molecule has 0 bridgehead atoms. The maximum atomic E-state index is 4.53. The van der Waals surface area contributed by atoms with Gasteiger partial charge in [-0.25, -0.2) is 9.97 Å². The number of aromatic nitrogens is 2. The maximum Gasteiger partial charge on any atom is 0.134 e. The van der Waals surface area contributed by atoms with Crippen molar-refractivity contribution < 1.29 is 0 Å². The van der Waals surface area contributed by atoms with Crippen molar-refractivity contribution in [2.75, 3.05) is 18.1 Å². The number of hydrogen-bond acceptors (Lipinski definition) is 4. The van der Waals surface area contributed by atoms with E-state index in [1.165, 1.54) is 6.42 Å². The number of nitrogens with one attached hydrogen (secondary N) is 1. The predicted molar refractivity (Wildman–Crippen MR) is 66.7 cm³/mol. The molecule has 3 nitrogen and oxygen atoms in total. The Morgan fingerprint density at radius 3 is 2.67 bits per heavy atom. The smallest absolute Gasteiger partial charge is 0.134 e. The summed E-state index contributed by atoms with van der Waals surface area (Å²) in [6.45, 7) is 6.41. The second-order valence-corrected chi connectivity index (χ2v) is 4.82. The molecular weight excluding hydrogens is 206 g/mol. The van der Waals surface area contributed by atoms with Gasteiger partial charge in [0.15, 0.2) is 0 Å². The van der Waals surface area contributed by atoms with Gasteiger partial charge in [-0.1, -0.05) is 20.8 Å². The van der Waals surface area contributed by atoms with Crippen molar-refractivity contribution in [3.05, 3.63) is 11.9 Å². The van der Waals surface area contributed by atoms with Crippen LogP contribution in [0, 0.1) is 0 Å². The average Bonchev–Trinajstić information content (AvgIpc) is 2.25. The number of hydrogen-bond donors (Lipinski definition) is 1. The van der Waals surface area contributed by atoms with Crippen LogP contribution in [0.4, 0.5) is 5.82 Å². The van der Waals surface area contributed by atoms with Gasteiger partial charge >= 0.3 is 0 Å². The Morgan fingerprint density at radius 1 is 1.40 bits per heavy atom. The minimum atomic E-state index is 0.374. The largest absolute Gasteiger partial charge is 0.373 e. The summed E-state index contributed by atoms with van der Waals surface area (Å²) in [5, 5.41) is 4.14. The van der Waals surface area contributed by atoms with E-state index >= 15 is 0 Å². The van der Waals surface area contributed by atoms with Gasteiger partial charge in [0.25, 0.3) is 0 Å². The van der Waals surface area contributed by atoms with Crippen molar-refractivity contribution in [3.8, 4) is 0 Å². The zero-order valence-electron chi connectivity index (χ0n) is 9.87. The first-order chi connectivity index (χ1) is 7.17. The molecule has 15 heavy (non-hydrogen) atoms. The molecule has 84 valence electrons. The highest BCUT2D eigenvalue weighted by Crippen LogP contribution is 2.21. The quantitative estimate of drug-likeness (QED) is 0.617. The van der Waals surface area contributed by atoms with Crippen molar-refractivity contribution in [2.45, 2.75) is 38.1 Å². The Kier molecular flexibility index (Phi) is 4.88. The van der Waals surface area contributed by atoms with Gasteiger partial charge in [0.05, 0.1) is 0 Å². The van der Waals surface area contributed by atoms with Crippen LogP contribution < -0.4 is 5.32 Å². The third kappa shape index (κ3) is 3.70. The van der Waals surface area contributed by atoms with Crippen LogP contribution in [-0.4, -0.2) is 22.8 Å². The van der Waals surface area contributed by atoms with E-state index in [1.54, 1.807) is 11.8 Å². The lowest BCUT2D eigenvalue weighted by Crippen LogP contribution is -2.02. The van der Waals surface area contributed by atoms with Crippen LogP contribution in [0.25, 0.3) is 0 Å². The molecule has 0 aliphatic rings. The first-order valence-electron chi connectivity index (χ1n) is 5.37. The first kappa shape index (κ1) is 12.3. The summed E-state index contributed by atoms with van der Waals surface area (Å²) in [6.07, 6.45) is 1.17. The van der Waals surface area contributed by atoms with Crippen LogP contribution in [0.1, 0.15) is 38.9 Å². The lowest BCUT2D eigenvalue weighted by atomic mass is 10.2. The van der Waals surface area contributed by atoms with Crippen LogP contribution in [0.2, 0.25) is 0 Å². The predicted octanol–water partition coefficient (Wildman–Crippen LogP) is 3.14. The van der Waals surface area contributed by atoms with Crippen LogP contribution >= 0.6 is 11.8 Å². The lowest BCUT2D eigenvalue weighted by Gasteiger charge is -2.09. The van der Waals surface area contributed by atoms with Crippen molar-refractivity contribution in [1.29, 1.82) is 0 Å². The Hall–Kier alpha value is -0.770. The van der Waals surface area contributed by atoms with E-state index in [4.69, 9.17) is 0 Å². The van der Waals surface area contributed by atoms with E-state index < -0.39 is 0 Å². The number of thioether (sulfide) groups is 1. The van der Waals surface area contributed by atoms with Gasteiger partial charge in [0.2, 0.25) is 0 Å². The number of anilines is 1. The molecule has 0 amide bonds. The Balaban J connectivity index is 2.90. The van der Waals surface area contributed by atoms with E-state index in [9.17, 15) is 0 Å². The van der Waals surface area contributed by atoms with Gasteiger partial charge < -0.3 is 5.32 Å². The normalized spacial score (nSPS) is 10.7. The molecule has 0 atom stereocenters. The molecule has 0 spiro atoms. The third-order valence-corrected chi connectivity index (χ3v) is 3.06. The molecule has 1 heterocycles. The molecule has 0 aliphatic heterocycles. The van der Waals surface area contributed by atoms with Gasteiger partial charge in [0, 0.05) is 19.0 Å². The maximum absolute atomic E-state index is 4.53. The monoisotopic (exact) mass is 225 g/mol. The molecule has 0 fully saturated rings. The standard InChI is InChI=1S/C11H19N3S/c1-5-6-15-10-7-9(12-4)13-11(14-10)8(2)3/h7-8H,5-6H2,1-4H3,(H,12,13,14). The summed E-state index contributed by atoms with van der Waals surface area (Å²) in [7, 11) is 1.89. The van der Waals surface area contributed by atoms with Gasteiger partial charge in [-0.05, 0) is 12.2 Å².